The Morgan fingerprint density at radius 2 is 2.00 bits per heavy atom. The Kier molecular flexibility index (Phi) is 5.18. The van der Waals surface area contributed by atoms with E-state index in [4.69, 9.17) is 4.74 Å². The monoisotopic (exact) mass is 401 g/mol. The van der Waals surface area contributed by atoms with Crippen molar-refractivity contribution < 1.29 is 9.53 Å². The number of pyridine rings is 1. The molecule has 0 spiro atoms. The highest BCUT2D eigenvalue weighted by Gasteiger charge is 2.25. The molecule has 0 atom stereocenters. The summed E-state index contributed by atoms with van der Waals surface area (Å²) in [6.45, 7) is 0. The topological polar surface area (TPSA) is 81.2 Å². The fourth-order valence-corrected chi connectivity index (χ4v) is 5.56. The fourth-order valence-electron chi connectivity index (χ4n) is 3.38. The summed E-state index contributed by atoms with van der Waals surface area (Å²) in [5, 5.41) is 4.84. The maximum Gasteiger partial charge on any atom is 0.341 e. The molecule has 27 heavy (non-hydrogen) atoms. The van der Waals surface area contributed by atoms with Gasteiger partial charge in [0.05, 0.1) is 18.1 Å². The fraction of sp³-hybridized carbons (Fsp3) is 0.368. The molecule has 1 N–H and O–H groups in total. The lowest BCUT2D eigenvalue weighted by molar-refractivity contribution is 0.0601. The number of esters is 1. The second-order valence-electron chi connectivity index (χ2n) is 6.42. The zero-order valence-corrected chi connectivity index (χ0v) is 16.5. The van der Waals surface area contributed by atoms with Crippen molar-refractivity contribution in [3.63, 3.8) is 0 Å². The van der Waals surface area contributed by atoms with Gasteiger partial charge < -0.3 is 10.1 Å². The van der Waals surface area contributed by atoms with Crippen molar-refractivity contribution in [1.29, 1.82) is 0 Å². The second-order valence-corrected chi connectivity index (χ2v) is 8.50. The van der Waals surface area contributed by atoms with E-state index in [2.05, 4.69) is 15.3 Å². The molecule has 1 aliphatic carbocycles. The number of aryl methyl sites for hydroxylation is 1. The van der Waals surface area contributed by atoms with Gasteiger partial charge in [0, 0.05) is 11.1 Å². The van der Waals surface area contributed by atoms with E-state index in [1.54, 1.807) is 29.7 Å². The highest BCUT2D eigenvalue weighted by atomic mass is 32.1. The lowest BCUT2D eigenvalue weighted by Crippen LogP contribution is -2.10. The number of anilines is 2. The van der Waals surface area contributed by atoms with Gasteiger partial charge >= 0.3 is 5.97 Å². The third-order valence-electron chi connectivity index (χ3n) is 4.68. The molecule has 3 aromatic rings. The molecule has 0 fully saturated rings. The number of nitrogens with one attached hydrogen (secondary N) is 1. The quantitative estimate of drug-likeness (QED) is 0.659. The number of carbonyl (C=O) groups excluding carboxylic acids is 1. The van der Waals surface area contributed by atoms with Gasteiger partial charge in [0.1, 0.15) is 9.83 Å². The number of thiophene rings is 1. The molecule has 3 aromatic heterocycles. The van der Waals surface area contributed by atoms with E-state index in [1.807, 2.05) is 0 Å². The van der Waals surface area contributed by atoms with E-state index in [0.717, 1.165) is 31.2 Å². The number of aromatic nitrogens is 2. The van der Waals surface area contributed by atoms with Crippen molar-refractivity contribution in [1.82, 2.24) is 9.97 Å². The van der Waals surface area contributed by atoms with Crippen LogP contribution < -0.4 is 10.9 Å². The van der Waals surface area contributed by atoms with Crippen LogP contribution in [0.1, 0.15) is 46.5 Å². The summed E-state index contributed by atoms with van der Waals surface area (Å²) in [6.07, 6.45) is 8.08. The average Bonchev–Trinajstić information content (AvgIpc) is 2.97. The standard InChI is InChI=1S/C19H19N3O3S2/c1-25-18(24)14-11-7-4-2-3-5-9-13(11)26-17(14)22-19-21-15(23)12-8-6-10-20-16(12)27-19/h6,8,10H,2-5,7,9H2,1H3,(H,21,22,23). The Labute approximate surface area is 164 Å². The molecule has 0 bridgehead atoms. The highest BCUT2D eigenvalue weighted by Crippen LogP contribution is 2.39. The SMILES string of the molecule is COC(=O)c1c(Nc2nc(=O)c3cccnc3s2)sc2c1CCCCCC2. The molecule has 3 heterocycles. The summed E-state index contributed by atoms with van der Waals surface area (Å²) in [7, 11) is 1.40. The van der Waals surface area contributed by atoms with Gasteiger partial charge in [-0.25, -0.2) is 9.78 Å². The number of hydrogen-bond acceptors (Lipinski definition) is 8. The molecule has 0 saturated heterocycles. The van der Waals surface area contributed by atoms with Crippen molar-refractivity contribution in [3.05, 3.63) is 44.7 Å². The second kappa shape index (κ2) is 7.74. The van der Waals surface area contributed by atoms with Gasteiger partial charge in [-0.2, -0.15) is 4.98 Å². The first kappa shape index (κ1) is 18.1. The zero-order chi connectivity index (χ0) is 18.8. The molecule has 4 rings (SSSR count). The molecule has 0 amide bonds. The third kappa shape index (κ3) is 3.59. The molecule has 6 nitrogen and oxygen atoms in total. The number of fused-ring (bicyclic) bond motifs is 2. The van der Waals surface area contributed by atoms with Gasteiger partial charge in [-0.05, 0) is 43.4 Å². The number of methoxy groups -OCH3 is 1. The van der Waals surface area contributed by atoms with Gasteiger partial charge in [0.25, 0.3) is 5.56 Å². The Hall–Kier alpha value is -2.32. The molecule has 0 aliphatic heterocycles. The number of nitrogens with zero attached hydrogens (tertiary/aromatic N) is 2. The minimum absolute atomic E-state index is 0.325. The minimum Gasteiger partial charge on any atom is -0.465 e. The number of rotatable bonds is 3. The van der Waals surface area contributed by atoms with Crippen molar-refractivity contribution in [3.8, 4) is 0 Å². The summed E-state index contributed by atoms with van der Waals surface area (Å²) in [5.74, 6) is -0.346. The molecule has 140 valence electrons. The molecular weight excluding hydrogens is 382 g/mol. The van der Waals surface area contributed by atoms with Gasteiger partial charge in [0.15, 0.2) is 5.13 Å². The van der Waals surface area contributed by atoms with E-state index in [1.165, 1.54) is 36.2 Å². The Balaban J connectivity index is 1.78. The summed E-state index contributed by atoms with van der Waals surface area (Å²) < 4.78 is 5.04. The minimum atomic E-state index is -0.346. The number of carbonyl (C=O) groups is 1. The molecule has 0 radical (unpaired) electrons. The predicted octanol–water partition coefficient (Wildman–Crippen LogP) is 4.30. The van der Waals surface area contributed by atoms with E-state index in [9.17, 15) is 9.59 Å². The summed E-state index contributed by atoms with van der Waals surface area (Å²) in [5.41, 5.74) is 1.34. The maximum atomic E-state index is 12.5. The van der Waals surface area contributed by atoms with Crippen molar-refractivity contribution in [2.24, 2.45) is 0 Å². The Morgan fingerprint density at radius 3 is 2.81 bits per heavy atom. The van der Waals surface area contributed by atoms with Crippen LogP contribution in [-0.4, -0.2) is 23.0 Å². The van der Waals surface area contributed by atoms with Crippen LogP contribution in [0.25, 0.3) is 10.2 Å². The van der Waals surface area contributed by atoms with Gasteiger partial charge in [0.2, 0.25) is 0 Å². The van der Waals surface area contributed by atoms with Crippen LogP contribution in [0.3, 0.4) is 0 Å². The molecule has 0 aromatic carbocycles. The maximum absolute atomic E-state index is 12.5. The van der Waals surface area contributed by atoms with Crippen LogP contribution in [0.15, 0.2) is 23.1 Å². The smallest absolute Gasteiger partial charge is 0.341 e. The third-order valence-corrected chi connectivity index (χ3v) is 6.79. The largest absolute Gasteiger partial charge is 0.465 e. The van der Waals surface area contributed by atoms with Gasteiger partial charge in [-0.15, -0.1) is 11.3 Å². The first-order chi connectivity index (χ1) is 13.2. The first-order valence-corrected chi connectivity index (χ1v) is 10.6. The van der Waals surface area contributed by atoms with Crippen LogP contribution in [0.5, 0.6) is 0 Å². The first-order valence-electron chi connectivity index (χ1n) is 8.93. The van der Waals surface area contributed by atoms with E-state index < -0.39 is 0 Å². The molecular formula is C19H19N3O3S2. The predicted molar refractivity (Wildman–Crippen MR) is 109 cm³/mol. The van der Waals surface area contributed by atoms with E-state index in [0.29, 0.717) is 25.9 Å². The van der Waals surface area contributed by atoms with Crippen molar-refractivity contribution in [2.75, 3.05) is 12.4 Å². The van der Waals surface area contributed by atoms with Crippen LogP contribution >= 0.6 is 22.7 Å². The van der Waals surface area contributed by atoms with Gasteiger partial charge in [-0.1, -0.05) is 24.2 Å². The van der Waals surface area contributed by atoms with Crippen LogP contribution in [0.2, 0.25) is 0 Å². The van der Waals surface area contributed by atoms with Crippen molar-refractivity contribution >= 4 is 49.0 Å². The summed E-state index contributed by atoms with van der Waals surface area (Å²) in [4.78, 5) is 35.0. The molecule has 8 heteroatoms. The summed E-state index contributed by atoms with van der Waals surface area (Å²) in [6, 6.07) is 3.44. The van der Waals surface area contributed by atoms with Crippen molar-refractivity contribution in [2.45, 2.75) is 38.5 Å². The Bertz CT molecular complexity index is 1060. The van der Waals surface area contributed by atoms with Crippen LogP contribution in [0.4, 0.5) is 10.1 Å². The average molecular weight is 402 g/mol. The highest BCUT2D eigenvalue weighted by molar-refractivity contribution is 7.22. The lowest BCUT2D eigenvalue weighted by Gasteiger charge is -2.11. The zero-order valence-electron chi connectivity index (χ0n) is 14.9. The summed E-state index contributed by atoms with van der Waals surface area (Å²) >= 11 is 2.87. The lowest BCUT2D eigenvalue weighted by atomic mass is 9.96. The number of ether oxygens (including phenoxy) is 1. The Morgan fingerprint density at radius 1 is 1.19 bits per heavy atom. The molecule has 0 saturated carbocycles. The molecule has 1 aliphatic rings. The number of hydrogen-bond donors (Lipinski definition) is 1. The normalized spacial score (nSPS) is 14.3. The van der Waals surface area contributed by atoms with E-state index in [-0.39, 0.29) is 11.5 Å². The van der Waals surface area contributed by atoms with Gasteiger partial charge in [-0.3, -0.25) is 4.79 Å². The van der Waals surface area contributed by atoms with E-state index >= 15 is 0 Å². The van der Waals surface area contributed by atoms with Crippen LogP contribution in [0, 0.1) is 0 Å². The molecule has 0 unspecified atom stereocenters. The van der Waals surface area contributed by atoms with Crippen LogP contribution in [-0.2, 0) is 17.6 Å².